The lowest BCUT2D eigenvalue weighted by atomic mass is 10.1. The maximum atomic E-state index is 11.7. The minimum atomic E-state index is -0.489. The summed E-state index contributed by atoms with van der Waals surface area (Å²) in [5, 5.41) is 11.0. The highest BCUT2D eigenvalue weighted by Gasteiger charge is 2.14. The van der Waals surface area contributed by atoms with E-state index in [4.69, 9.17) is 9.47 Å². The molecule has 1 aliphatic heterocycles. The Balaban J connectivity index is 1.79. The number of nitrogens with one attached hydrogen (secondary N) is 2. The first-order chi connectivity index (χ1) is 12.2. The maximum Gasteiger partial charge on any atom is 0.407 e. The highest BCUT2D eigenvalue weighted by atomic mass is 16.5. The van der Waals surface area contributed by atoms with Gasteiger partial charge in [-0.3, -0.25) is 10.1 Å². The number of alkyl carbamates (subject to hydrolysis) is 1. The molecular weight excluding hydrogens is 322 g/mol. The molecule has 0 fully saturated rings. The summed E-state index contributed by atoms with van der Waals surface area (Å²) in [5.41, 5.74) is 2.73. The first-order valence-electron chi connectivity index (χ1n) is 8.06. The lowest BCUT2D eigenvalue weighted by molar-refractivity contribution is 0.136. The van der Waals surface area contributed by atoms with Crippen molar-refractivity contribution in [2.24, 2.45) is 0 Å². The van der Waals surface area contributed by atoms with Crippen LogP contribution in [0.15, 0.2) is 30.6 Å². The van der Waals surface area contributed by atoms with Gasteiger partial charge in [-0.25, -0.2) is 9.78 Å². The van der Waals surface area contributed by atoms with Crippen molar-refractivity contribution in [1.82, 2.24) is 25.5 Å². The van der Waals surface area contributed by atoms with E-state index in [1.54, 1.807) is 12.4 Å². The van der Waals surface area contributed by atoms with E-state index in [-0.39, 0.29) is 12.7 Å². The van der Waals surface area contributed by atoms with E-state index >= 15 is 0 Å². The number of nitrogens with zero attached hydrogens (tertiary/aromatic N) is 3. The smallest absolute Gasteiger partial charge is 0.407 e. The van der Waals surface area contributed by atoms with Crippen LogP contribution in [0.3, 0.4) is 0 Å². The molecule has 0 radical (unpaired) electrons. The van der Waals surface area contributed by atoms with Gasteiger partial charge in [0.05, 0.1) is 29.7 Å². The van der Waals surface area contributed by atoms with E-state index in [1.165, 1.54) is 0 Å². The number of amides is 1. The molecule has 3 heterocycles. The van der Waals surface area contributed by atoms with Gasteiger partial charge in [-0.2, -0.15) is 5.10 Å². The molecule has 1 aromatic carbocycles. The van der Waals surface area contributed by atoms with Crippen LogP contribution in [0.4, 0.5) is 4.79 Å². The summed E-state index contributed by atoms with van der Waals surface area (Å²) < 4.78 is 11.1. The van der Waals surface area contributed by atoms with E-state index in [1.807, 2.05) is 25.1 Å². The van der Waals surface area contributed by atoms with Crippen LogP contribution in [0.2, 0.25) is 0 Å². The Labute approximate surface area is 143 Å². The number of hydrogen-bond donors (Lipinski definition) is 2. The van der Waals surface area contributed by atoms with E-state index in [0.717, 1.165) is 16.7 Å². The third kappa shape index (κ3) is 3.23. The molecule has 1 atom stereocenters. The summed E-state index contributed by atoms with van der Waals surface area (Å²) in [6, 6.07) is 5.75. The molecule has 2 N–H and O–H groups in total. The standard InChI is InChI=1S/C17H17N5O3/c1-10-4-5-19-17(23)24-9-11-7-18-8-15(20-11)16-13-6-12(25-10)2-3-14(13)21-22-16/h2-3,6-8,10H,4-5,9H2,1H3,(H,19,23)(H,21,22)/t10-/m0/s1. The number of aromatic nitrogens is 4. The van der Waals surface area contributed by atoms with Crippen molar-refractivity contribution in [3.05, 3.63) is 36.3 Å². The Morgan fingerprint density at radius 2 is 2.20 bits per heavy atom. The molecule has 0 aliphatic carbocycles. The molecule has 1 aliphatic rings. The second-order valence-electron chi connectivity index (χ2n) is 5.90. The van der Waals surface area contributed by atoms with Gasteiger partial charge in [-0.15, -0.1) is 0 Å². The number of rotatable bonds is 0. The molecule has 4 rings (SSSR count). The molecule has 25 heavy (non-hydrogen) atoms. The molecule has 0 saturated carbocycles. The van der Waals surface area contributed by atoms with Crippen molar-refractivity contribution >= 4 is 17.0 Å². The molecular formula is C17H17N5O3. The van der Waals surface area contributed by atoms with Gasteiger partial charge in [0.15, 0.2) is 0 Å². The zero-order chi connectivity index (χ0) is 17.2. The largest absolute Gasteiger partial charge is 0.491 e. The normalized spacial score (nSPS) is 18.0. The second-order valence-corrected chi connectivity index (χ2v) is 5.90. The number of ether oxygens (including phenoxy) is 2. The minimum Gasteiger partial charge on any atom is -0.491 e. The Kier molecular flexibility index (Phi) is 3.93. The number of carbonyl (C=O) groups is 1. The monoisotopic (exact) mass is 339 g/mol. The number of fused-ring (bicyclic) bond motifs is 4. The van der Waals surface area contributed by atoms with Crippen molar-refractivity contribution in [1.29, 1.82) is 0 Å². The summed E-state index contributed by atoms with van der Waals surface area (Å²) >= 11 is 0. The molecule has 1 amide bonds. The highest BCUT2D eigenvalue weighted by Crippen LogP contribution is 2.28. The van der Waals surface area contributed by atoms with Gasteiger partial charge < -0.3 is 14.8 Å². The molecule has 8 heteroatoms. The van der Waals surface area contributed by atoms with Gasteiger partial charge in [-0.1, -0.05) is 0 Å². The Morgan fingerprint density at radius 1 is 1.28 bits per heavy atom. The second kappa shape index (κ2) is 6.39. The molecule has 0 saturated heterocycles. The number of benzene rings is 1. The van der Waals surface area contributed by atoms with E-state index in [0.29, 0.717) is 30.0 Å². The van der Waals surface area contributed by atoms with E-state index in [2.05, 4.69) is 25.5 Å². The van der Waals surface area contributed by atoms with E-state index in [9.17, 15) is 4.79 Å². The number of carbonyl (C=O) groups excluding carboxylic acids is 1. The number of H-pyrrole nitrogens is 1. The average molecular weight is 339 g/mol. The van der Waals surface area contributed by atoms with Crippen LogP contribution in [0.5, 0.6) is 5.75 Å². The van der Waals surface area contributed by atoms with Crippen molar-refractivity contribution in [2.75, 3.05) is 6.54 Å². The quantitative estimate of drug-likeness (QED) is 0.652. The molecule has 2 aromatic heterocycles. The van der Waals surface area contributed by atoms with Crippen LogP contribution in [0, 0.1) is 0 Å². The molecule has 4 bridgehead atoms. The van der Waals surface area contributed by atoms with E-state index < -0.39 is 6.09 Å². The van der Waals surface area contributed by atoms with Gasteiger partial charge in [0, 0.05) is 18.4 Å². The van der Waals surface area contributed by atoms with Crippen molar-refractivity contribution in [2.45, 2.75) is 26.1 Å². The lowest BCUT2D eigenvalue weighted by Gasteiger charge is -2.15. The van der Waals surface area contributed by atoms with Gasteiger partial charge in [-0.05, 0) is 25.1 Å². The topological polar surface area (TPSA) is 102 Å². The Hall–Kier alpha value is -3.16. The predicted molar refractivity (Wildman–Crippen MR) is 90.0 cm³/mol. The van der Waals surface area contributed by atoms with Crippen LogP contribution in [-0.4, -0.2) is 38.9 Å². The van der Waals surface area contributed by atoms with Gasteiger partial charge >= 0.3 is 6.09 Å². The minimum absolute atomic E-state index is 0.0479. The average Bonchev–Trinajstić information content (AvgIpc) is 3.03. The summed E-state index contributed by atoms with van der Waals surface area (Å²) in [6.45, 7) is 2.47. The molecule has 0 unspecified atom stereocenters. The SMILES string of the molecule is C[C@H]1CCNC(=O)OCc2cncc(n2)-c2n[nH]c3ccc(cc23)O1. The molecule has 0 spiro atoms. The lowest BCUT2D eigenvalue weighted by Crippen LogP contribution is -2.28. The fourth-order valence-electron chi connectivity index (χ4n) is 2.71. The zero-order valence-electron chi connectivity index (χ0n) is 13.7. The van der Waals surface area contributed by atoms with Crippen LogP contribution in [0.1, 0.15) is 19.0 Å². The summed E-state index contributed by atoms with van der Waals surface area (Å²) in [6.07, 6.45) is 3.32. The van der Waals surface area contributed by atoms with Crippen molar-refractivity contribution in [3.63, 3.8) is 0 Å². The Morgan fingerprint density at radius 3 is 3.12 bits per heavy atom. The molecule has 3 aromatic rings. The fourth-order valence-corrected chi connectivity index (χ4v) is 2.71. The third-order valence-corrected chi connectivity index (χ3v) is 3.97. The number of cyclic esters (lactones) is 1. The highest BCUT2D eigenvalue weighted by molar-refractivity contribution is 5.92. The van der Waals surface area contributed by atoms with Crippen LogP contribution in [-0.2, 0) is 11.3 Å². The van der Waals surface area contributed by atoms with Gasteiger partial charge in [0.2, 0.25) is 0 Å². The Bertz CT molecular complexity index is 924. The fraction of sp³-hybridized carbons (Fsp3) is 0.294. The number of hydrogen-bond acceptors (Lipinski definition) is 6. The summed E-state index contributed by atoms with van der Waals surface area (Å²) in [4.78, 5) is 20.4. The first kappa shape index (κ1) is 15.4. The third-order valence-electron chi connectivity index (χ3n) is 3.97. The van der Waals surface area contributed by atoms with Crippen LogP contribution >= 0.6 is 0 Å². The summed E-state index contributed by atoms with van der Waals surface area (Å²) in [5.74, 6) is 0.740. The first-order valence-corrected chi connectivity index (χ1v) is 8.06. The van der Waals surface area contributed by atoms with Gasteiger partial charge in [0.25, 0.3) is 0 Å². The van der Waals surface area contributed by atoms with Crippen molar-refractivity contribution in [3.8, 4) is 17.1 Å². The number of aromatic amines is 1. The van der Waals surface area contributed by atoms with Crippen LogP contribution in [0.25, 0.3) is 22.3 Å². The van der Waals surface area contributed by atoms with Crippen molar-refractivity contribution < 1.29 is 14.3 Å². The summed E-state index contributed by atoms with van der Waals surface area (Å²) in [7, 11) is 0. The van der Waals surface area contributed by atoms with Crippen LogP contribution < -0.4 is 10.1 Å². The maximum absolute atomic E-state index is 11.7. The zero-order valence-corrected chi connectivity index (χ0v) is 13.7. The molecule has 128 valence electrons. The molecule has 8 nitrogen and oxygen atoms in total. The van der Waals surface area contributed by atoms with Gasteiger partial charge in [0.1, 0.15) is 23.7 Å². The predicted octanol–water partition coefficient (Wildman–Crippen LogP) is 2.42.